The van der Waals surface area contributed by atoms with E-state index in [0.717, 1.165) is 5.69 Å². The highest BCUT2D eigenvalue weighted by Gasteiger charge is 2.31. The Kier molecular flexibility index (Phi) is 7.96. The lowest BCUT2D eigenvalue weighted by Gasteiger charge is -2.30. The van der Waals surface area contributed by atoms with Crippen LogP contribution in [-0.2, 0) is 14.9 Å². The molecule has 0 aliphatic carbocycles. The Bertz CT molecular complexity index is 1030. The maximum atomic E-state index is 10.3. The molecule has 0 aliphatic heterocycles. The van der Waals surface area contributed by atoms with Crippen LogP contribution >= 0.6 is 11.3 Å². The van der Waals surface area contributed by atoms with Crippen LogP contribution in [0.2, 0.25) is 0 Å². The summed E-state index contributed by atoms with van der Waals surface area (Å²) in [5.41, 5.74) is 3.85. The minimum absolute atomic E-state index is 0.0179. The number of allylic oxidation sites excluding steroid dienone is 2. The third-order valence-corrected chi connectivity index (χ3v) is 6.75. The Labute approximate surface area is 184 Å². The van der Waals surface area contributed by atoms with Crippen molar-refractivity contribution in [3.05, 3.63) is 65.6 Å². The quantitative estimate of drug-likeness (QED) is 0.318. The van der Waals surface area contributed by atoms with E-state index < -0.39 is 0 Å². The molecular formula is C26H33NO2S. The molecule has 2 heterocycles. The van der Waals surface area contributed by atoms with Gasteiger partial charge in [-0.2, -0.15) is 0 Å². The van der Waals surface area contributed by atoms with E-state index in [2.05, 4.69) is 76.0 Å². The summed E-state index contributed by atoms with van der Waals surface area (Å²) in [6, 6.07) is 13.0. The molecule has 2 aromatic heterocycles. The first-order valence-corrected chi connectivity index (χ1v) is 11.1. The SMILES string of the molecule is CO/C(C)=C\C(C)=O.Cc1ccc(-c2sc3ccccc3c2C(C)(C)C(C)C)nc1. The Morgan fingerprint density at radius 1 is 1.13 bits per heavy atom. The van der Waals surface area contributed by atoms with Crippen LogP contribution in [0.4, 0.5) is 0 Å². The second-order valence-corrected chi connectivity index (χ2v) is 9.52. The van der Waals surface area contributed by atoms with E-state index >= 15 is 0 Å². The lowest BCUT2D eigenvalue weighted by atomic mass is 9.73. The number of ketones is 1. The summed E-state index contributed by atoms with van der Waals surface area (Å²) in [7, 11) is 1.54. The van der Waals surface area contributed by atoms with Crippen molar-refractivity contribution in [1.82, 2.24) is 4.98 Å². The minimum Gasteiger partial charge on any atom is -0.501 e. The molecule has 3 aromatic rings. The van der Waals surface area contributed by atoms with Crippen molar-refractivity contribution in [2.24, 2.45) is 5.92 Å². The van der Waals surface area contributed by atoms with E-state index in [-0.39, 0.29) is 11.2 Å². The Balaban J connectivity index is 0.000000343. The van der Waals surface area contributed by atoms with Crippen molar-refractivity contribution in [3.8, 4) is 10.6 Å². The summed E-state index contributed by atoms with van der Waals surface area (Å²) in [4.78, 5) is 16.3. The Morgan fingerprint density at radius 3 is 2.30 bits per heavy atom. The van der Waals surface area contributed by atoms with Gasteiger partial charge < -0.3 is 4.74 Å². The fraction of sp³-hybridized carbons (Fsp3) is 0.385. The molecule has 0 spiro atoms. The zero-order valence-corrected chi connectivity index (χ0v) is 20.2. The van der Waals surface area contributed by atoms with Crippen LogP contribution in [0, 0.1) is 12.8 Å². The molecule has 3 rings (SSSR count). The molecule has 0 N–H and O–H groups in total. The average Bonchev–Trinajstić information content (AvgIpc) is 3.08. The number of methoxy groups -OCH3 is 1. The minimum atomic E-state index is 0.0179. The molecule has 3 nitrogen and oxygen atoms in total. The number of benzene rings is 1. The number of ether oxygens (including phenoxy) is 1. The molecule has 0 aliphatic rings. The van der Waals surface area contributed by atoms with Crippen LogP contribution in [-0.4, -0.2) is 17.9 Å². The number of pyridine rings is 1. The summed E-state index contributed by atoms with van der Waals surface area (Å²) in [6.07, 6.45) is 3.41. The molecule has 0 atom stereocenters. The van der Waals surface area contributed by atoms with Crippen LogP contribution in [0.25, 0.3) is 20.7 Å². The highest BCUT2D eigenvalue weighted by Crippen LogP contribution is 2.46. The molecule has 30 heavy (non-hydrogen) atoms. The van der Waals surface area contributed by atoms with Crippen molar-refractivity contribution in [2.75, 3.05) is 7.11 Å². The van der Waals surface area contributed by atoms with E-state index in [0.29, 0.717) is 11.7 Å². The number of hydrogen-bond acceptors (Lipinski definition) is 4. The maximum Gasteiger partial charge on any atom is 0.155 e. The first-order valence-electron chi connectivity index (χ1n) is 10.3. The first kappa shape index (κ1) is 23.8. The van der Waals surface area contributed by atoms with Gasteiger partial charge in [-0.15, -0.1) is 11.3 Å². The van der Waals surface area contributed by atoms with Gasteiger partial charge in [0.25, 0.3) is 0 Å². The molecule has 0 unspecified atom stereocenters. The van der Waals surface area contributed by atoms with Gasteiger partial charge in [0.05, 0.1) is 23.4 Å². The second-order valence-electron chi connectivity index (χ2n) is 8.47. The number of nitrogens with zero attached hydrogens (tertiary/aromatic N) is 1. The van der Waals surface area contributed by atoms with Crippen molar-refractivity contribution in [1.29, 1.82) is 0 Å². The molecule has 0 fully saturated rings. The Hall–Kier alpha value is -2.46. The lowest BCUT2D eigenvalue weighted by Crippen LogP contribution is -2.24. The van der Waals surface area contributed by atoms with Crippen LogP contribution in [0.1, 0.15) is 52.7 Å². The number of aromatic nitrogens is 1. The monoisotopic (exact) mass is 423 g/mol. The molecule has 160 valence electrons. The van der Waals surface area contributed by atoms with E-state index in [1.54, 1.807) is 6.92 Å². The standard InChI is InChI=1S/C20H23NS.C6H10O2/c1-13(2)20(4,5)18-15-8-6-7-9-17(15)22-19(18)16-11-10-14(3)12-21-16;1-5(7)4-6(2)8-3/h6-13H,1-5H3;4H,1-3H3/b;6-4-. The van der Waals surface area contributed by atoms with Gasteiger partial charge in [0.15, 0.2) is 5.78 Å². The smallest absolute Gasteiger partial charge is 0.155 e. The number of hydrogen-bond donors (Lipinski definition) is 0. The number of aryl methyl sites for hydroxylation is 1. The largest absolute Gasteiger partial charge is 0.501 e. The van der Waals surface area contributed by atoms with Crippen molar-refractivity contribution in [3.63, 3.8) is 0 Å². The third-order valence-electron chi connectivity index (χ3n) is 5.56. The molecule has 0 radical (unpaired) electrons. The van der Waals surface area contributed by atoms with Gasteiger partial charge in [0.1, 0.15) is 0 Å². The molecule has 0 saturated heterocycles. The summed E-state index contributed by atoms with van der Waals surface area (Å²) in [5.74, 6) is 1.23. The number of thiophene rings is 1. The Morgan fingerprint density at radius 2 is 1.80 bits per heavy atom. The van der Waals surface area contributed by atoms with Crippen molar-refractivity contribution >= 4 is 27.2 Å². The van der Waals surface area contributed by atoms with Gasteiger partial charge >= 0.3 is 0 Å². The lowest BCUT2D eigenvalue weighted by molar-refractivity contribution is -0.112. The molecule has 0 bridgehead atoms. The van der Waals surface area contributed by atoms with E-state index in [1.165, 1.54) is 46.2 Å². The molecular weight excluding hydrogens is 390 g/mol. The second kappa shape index (κ2) is 10.0. The molecule has 4 heteroatoms. The fourth-order valence-corrected chi connectivity index (χ4v) is 4.45. The van der Waals surface area contributed by atoms with Gasteiger partial charge in [0, 0.05) is 17.0 Å². The fourth-order valence-electron chi connectivity index (χ4n) is 3.10. The van der Waals surface area contributed by atoms with Crippen molar-refractivity contribution in [2.45, 2.75) is 53.9 Å². The summed E-state index contributed by atoms with van der Waals surface area (Å²) >= 11 is 1.86. The van der Waals surface area contributed by atoms with Crippen LogP contribution < -0.4 is 0 Å². The predicted molar refractivity (Wildman–Crippen MR) is 129 cm³/mol. The average molecular weight is 424 g/mol. The number of carbonyl (C=O) groups excluding carboxylic acids is 1. The van der Waals surface area contributed by atoms with Crippen LogP contribution in [0.3, 0.4) is 0 Å². The molecule has 0 saturated carbocycles. The highest BCUT2D eigenvalue weighted by atomic mass is 32.1. The highest BCUT2D eigenvalue weighted by molar-refractivity contribution is 7.22. The topological polar surface area (TPSA) is 39.2 Å². The van der Waals surface area contributed by atoms with Crippen LogP contribution in [0.15, 0.2) is 54.4 Å². The normalized spacial score (nSPS) is 12.0. The van der Waals surface area contributed by atoms with Gasteiger partial charge in [-0.05, 0) is 60.7 Å². The molecule has 0 amide bonds. The van der Waals surface area contributed by atoms with Gasteiger partial charge in [-0.3, -0.25) is 9.78 Å². The van der Waals surface area contributed by atoms with E-state index in [1.807, 2.05) is 17.5 Å². The third kappa shape index (κ3) is 5.57. The van der Waals surface area contributed by atoms with Gasteiger partial charge in [0.2, 0.25) is 0 Å². The number of rotatable bonds is 5. The molecule has 1 aromatic carbocycles. The number of fused-ring (bicyclic) bond motifs is 1. The predicted octanol–water partition coefficient (Wildman–Crippen LogP) is 7.33. The van der Waals surface area contributed by atoms with E-state index in [4.69, 9.17) is 4.74 Å². The first-order chi connectivity index (χ1) is 14.1. The maximum absolute atomic E-state index is 10.3. The zero-order valence-electron chi connectivity index (χ0n) is 19.4. The summed E-state index contributed by atoms with van der Waals surface area (Å²) in [6.45, 7) is 14.6. The summed E-state index contributed by atoms with van der Waals surface area (Å²) in [5, 5.41) is 1.38. The van der Waals surface area contributed by atoms with Crippen molar-refractivity contribution < 1.29 is 9.53 Å². The van der Waals surface area contributed by atoms with Crippen LogP contribution in [0.5, 0.6) is 0 Å². The van der Waals surface area contributed by atoms with E-state index in [9.17, 15) is 4.79 Å². The van der Waals surface area contributed by atoms with Gasteiger partial charge in [-0.25, -0.2) is 0 Å². The zero-order chi connectivity index (χ0) is 22.5. The van der Waals surface area contributed by atoms with Gasteiger partial charge in [-0.1, -0.05) is 52.0 Å². The summed E-state index contributed by atoms with van der Waals surface area (Å²) < 4.78 is 6.05. The number of carbonyl (C=O) groups is 1.